The van der Waals surface area contributed by atoms with Gasteiger partial charge in [-0.2, -0.15) is 15.1 Å². The number of hydrazone groups is 1. The Morgan fingerprint density at radius 3 is 2.33 bits per heavy atom. The number of benzene rings is 2. The van der Waals surface area contributed by atoms with Crippen molar-refractivity contribution >= 4 is 38.9 Å². The van der Waals surface area contributed by atoms with Gasteiger partial charge in [0.2, 0.25) is 5.88 Å². The van der Waals surface area contributed by atoms with E-state index in [0.717, 1.165) is 15.7 Å². The molecular weight excluding hydrogens is 432 g/mol. The number of anilines is 1. The summed E-state index contributed by atoms with van der Waals surface area (Å²) in [7, 11) is 3.03. The zero-order valence-corrected chi connectivity index (χ0v) is 17.0. The summed E-state index contributed by atoms with van der Waals surface area (Å²) in [5.74, 6) is 0.377. The van der Waals surface area contributed by atoms with Gasteiger partial charge in [0.25, 0.3) is 0 Å². The average Bonchev–Trinajstić information content (AvgIpc) is 2.70. The first kappa shape index (κ1) is 19.1. The van der Waals surface area contributed by atoms with Gasteiger partial charge in [-0.25, -0.2) is 0 Å². The monoisotopic (exact) mass is 446 g/mol. The van der Waals surface area contributed by atoms with Crippen LogP contribution in [0.25, 0.3) is 0 Å². The standard InChI is InChI=1S/C19H16BrClN4O2/c1-26-17-11-16(22-19(23-17)27-2)18(12-3-7-14(21)8-4-12)25-24-15-9-5-13(20)6-10-15/h3-11,24H,1-2H3/b25-18-. The van der Waals surface area contributed by atoms with E-state index in [1.165, 1.54) is 14.2 Å². The Morgan fingerprint density at radius 2 is 1.70 bits per heavy atom. The quantitative estimate of drug-likeness (QED) is 0.435. The first-order chi connectivity index (χ1) is 13.1. The summed E-state index contributed by atoms with van der Waals surface area (Å²) in [6.07, 6.45) is 0. The predicted octanol–water partition coefficient (Wildman–Crippen LogP) is 4.77. The lowest BCUT2D eigenvalue weighted by Crippen LogP contribution is -2.11. The maximum Gasteiger partial charge on any atom is 0.320 e. The van der Waals surface area contributed by atoms with E-state index in [9.17, 15) is 0 Å². The van der Waals surface area contributed by atoms with Crippen LogP contribution in [0.1, 0.15) is 11.3 Å². The van der Waals surface area contributed by atoms with E-state index in [-0.39, 0.29) is 6.01 Å². The molecule has 0 spiro atoms. The van der Waals surface area contributed by atoms with Crippen molar-refractivity contribution in [2.24, 2.45) is 5.10 Å². The molecule has 0 saturated heterocycles. The molecule has 0 atom stereocenters. The molecule has 0 aliphatic carbocycles. The SMILES string of the molecule is COc1cc(/C(=N\Nc2ccc(Br)cc2)c2ccc(Cl)cc2)nc(OC)n1. The third-order valence-electron chi connectivity index (χ3n) is 3.58. The minimum Gasteiger partial charge on any atom is -0.481 e. The van der Waals surface area contributed by atoms with E-state index >= 15 is 0 Å². The number of hydrogen-bond acceptors (Lipinski definition) is 6. The Balaban J connectivity index is 2.05. The fourth-order valence-electron chi connectivity index (χ4n) is 2.24. The van der Waals surface area contributed by atoms with Gasteiger partial charge in [-0.15, -0.1) is 0 Å². The second kappa shape index (κ2) is 8.83. The number of nitrogens with one attached hydrogen (secondary N) is 1. The summed E-state index contributed by atoms with van der Waals surface area (Å²) in [5.41, 5.74) is 5.85. The second-order valence-electron chi connectivity index (χ2n) is 5.37. The van der Waals surface area contributed by atoms with Gasteiger partial charge in [-0.05, 0) is 36.4 Å². The van der Waals surface area contributed by atoms with E-state index in [1.54, 1.807) is 18.2 Å². The lowest BCUT2D eigenvalue weighted by atomic mass is 10.1. The maximum atomic E-state index is 6.02. The molecule has 1 N–H and O–H groups in total. The van der Waals surface area contributed by atoms with Crippen LogP contribution < -0.4 is 14.9 Å². The molecule has 3 rings (SSSR count). The lowest BCUT2D eigenvalue weighted by Gasteiger charge is -2.10. The summed E-state index contributed by atoms with van der Waals surface area (Å²) in [4.78, 5) is 8.53. The van der Waals surface area contributed by atoms with Crippen molar-refractivity contribution in [2.75, 3.05) is 19.6 Å². The molecule has 0 amide bonds. The summed E-state index contributed by atoms with van der Waals surface area (Å²) in [6, 6.07) is 16.9. The van der Waals surface area contributed by atoms with Gasteiger partial charge in [0.05, 0.1) is 19.9 Å². The molecule has 1 heterocycles. The molecule has 138 valence electrons. The molecule has 0 aliphatic heterocycles. The van der Waals surface area contributed by atoms with E-state index in [1.807, 2.05) is 36.4 Å². The van der Waals surface area contributed by atoms with Gasteiger partial charge in [0.1, 0.15) is 11.4 Å². The minimum atomic E-state index is 0.189. The van der Waals surface area contributed by atoms with Crippen LogP contribution in [0, 0.1) is 0 Å². The molecule has 0 saturated carbocycles. The maximum absolute atomic E-state index is 6.02. The zero-order valence-electron chi connectivity index (χ0n) is 14.6. The van der Waals surface area contributed by atoms with Gasteiger partial charge in [0, 0.05) is 21.1 Å². The van der Waals surface area contributed by atoms with Crippen LogP contribution in [-0.4, -0.2) is 29.9 Å². The van der Waals surface area contributed by atoms with Crippen molar-refractivity contribution in [1.29, 1.82) is 0 Å². The summed E-state index contributed by atoms with van der Waals surface area (Å²) >= 11 is 9.44. The Morgan fingerprint density at radius 1 is 1.00 bits per heavy atom. The minimum absolute atomic E-state index is 0.189. The zero-order chi connectivity index (χ0) is 19.2. The lowest BCUT2D eigenvalue weighted by molar-refractivity contribution is 0.351. The summed E-state index contributed by atoms with van der Waals surface area (Å²) < 4.78 is 11.4. The molecule has 0 radical (unpaired) electrons. The third-order valence-corrected chi connectivity index (χ3v) is 4.36. The van der Waals surface area contributed by atoms with Crippen molar-refractivity contribution in [1.82, 2.24) is 9.97 Å². The topological polar surface area (TPSA) is 68.6 Å². The van der Waals surface area contributed by atoms with Gasteiger partial charge in [0.15, 0.2) is 0 Å². The fraction of sp³-hybridized carbons (Fsp3) is 0.105. The molecule has 0 bridgehead atoms. The Hall–Kier alpha value is -2.64. The first-order valence-electron chi connectivity index (χ1n) is 7.91. The number of nitrogens with zero attached hydrogens (tertiary/aromatic N) is 3. The number of halogens is 2. The number of methoxy groups -OCH3 is 2. The highest BCUT2D eigenvalue weighted by Crippen LogP contribution is 2.20. The van der Waals surface area contributed by atoms with Crippen molar-refractivity contribution in [3.63, 3.8) is 0 Å². The number of ether oxygens (including phenoxy) is 2. The van der Waals surface area contributed by atoms with Crippen molar-refractivity contribution < 1.29 is 9.47 Å². The summed E-state index contributed by atoms with van der Waals surface area (Å²) in [5, 5.41) is 5.19. The molecule has 1 aromatic heterocycles. The highest BCUT2D eigenvalue weighted by Gasteiger charge is 2.14. The molecule has 0 unspecified atom stereocenters. The van der Waals surface area contributed by atoms with Crippen molar-refractivity contribution in [3.05, 3.63) is 75.4 Å². The highest BCUT2D eigenvalue weighted by molar-refractivity contribution is 9.10. The number of rotatable bonds is 6. The van der Waals surface area contributed by atoms with E-state index in [2.05, 4.69) is 36.4 Å². The van der Waals surface area contributed by atoms with Crippen LogP contribution in [0.2, 0.25) is 5.02 Å². The summed E-state index contributed by atoms with van der Waals surface area (Å²) in [6.45, 7) is 0. The van der Waals surface area contributed by atoms with Gasteiger partial charge in [-0.1, -0.05) is 39.7 Å². The third kappa shape index (κ3) is 4.96. The van der Waals surface area contributed by atoms with E-state index in [4.69, 9.17) is 21.1 Å². The highest BCUT2D eigenvalue weighted by atomic mass is 79.9. The molecule has 3 aromatic rings. The van der Waals surface area contributed by atoms with E-state index < -0.39 is 0 Å². The molecule has 2 aromatic carbocycles. The van der Waals surface area contributed by atoms with Crippen LogP contribution in [0.15, 0.2) is 64.2 Å². The average molecular weight is 448 g/mol. The van der Waals surface area contributed by atoms with Gasteiger partial charge in [-0.3, -0.25) is 5.43 Å². The van der Waals surface area contributed by atoms with Gasteiger partial charge < -0.3 is 9.47 Å². The largest absolute Gasteiger partial charge is 0.481 e. The Bertz CT molecular complexity index is 925. The fourth-order valence-corrected chi connectivity index (χ4v) is 2.63. The van der Waals surface area contributed by atoms with Crippen LogP contribution >= 0.6 is 27.5 Å². The van der Waals surface area contributed by atoms with Crippen LogP contribution in [0.4, 0.5) is 5.69 Å². The molecule has 6 nitrogen and oxygen atoms in total. The van der Waals surface area contributed by atoms with Crippen LogP contribution in [0.5, 0.6) is 11.9 Å². The van der Waals surface area contributed by atoms with Crippen molar-refractivity contribution in [2.45, 2.75) is 0 Å². The molecule has 0 fully saturated rings. The molecular formula is C19H16BrClN4O2. The predicted molar refractivity (Wildman–Crippen MR) is 110 cm³/mol. The van der Waals surface area contributed by atoms with E-state index in [0.29, 0.717) is 22.3 Å². The number of hydrogen-bond donors (Lipinski definition) is 1. The number of aromatic nitrogens is 2. The molecule has 8 heteroatoms. The Labute approximate surface area is 170 Å². The molecule has 27 heavy (non-hydrogen) atoms. The second-order valence-corrected chi connectivity index (χ2v) is 6.72. The van der Waals surface area contributed by atoms with Crippen molar-refractivity contribution in [3.8, 4) is 11.9 Å². The normalized spacial score (nSPS) is 11.2. The van der Waals surface area contributed by atoms with Crippen LogP contribution in [0.3, 0.4) is 0 Å². The Kier molecular flexibility index (Phi) is 6.26. The first-order valence-corrected chi connectivity index (χ1v) is 9.09. The molecule has 0 aliphatic rings. The van der Waals surface area contributed by atoms with Gasteiger partial charge >= 0.3 is 6.01 Å². The smallest absolute Gasteiger partial charge is 0.320 e. The van der Waals surface area contributed by atoms with Crippen LogP contribution in [-0.2, 0) is 0 Å².